The highest BCUT2D eigenvalue weighted by molar-refractivity contribution is 5.94. The molecule has 5 rings (SSSR count). The van der Waals surface area contributed by atoms with Crippen molar-refractivity contribution in [3.05, 3.63) is 17.0 Å². The van der Waals surface area contributed by atoms with Gasteiger partial charge in [0.05, 0.1) is 5.69 Å². The number of Topliss-reactive ketones (excluding diaryl/α,β-unsaturated/α-hetero) is 1. The first-order chi connectivity index (χ1) is 11.5. The first-order valence-electron chi connectivity index (χ1n) is 9.16. The zero-order valence-corrected chi connectivity index (χ0v) is 14.5. The summed E-state index contributed by atoms with van der Waals surface area (Å²) in [5.74, 6) is 2.23. The van der Waals surface area contributed by atoms with Crippen LogP contribution in [0.5, 0.6) is 0 Å². The van der Waals surface area contributed by atoms with Crippen molar-refractivity contribution in [1.82, 2.24) is 5.16 Å². The summed E-state index contributed by atoms with van der Waals surface area (Å²) in [6.07, 6.45) is 7.50. The molecule has 4 aliphatic rings. The van der Waals surface area contributed by atoms with Gasteiger partial charge in [0.1, 0.15) is 11.3 Å². The minimum absolute atomic E-state index is 0.112. The van der Waals surface area contributed by atoms with Crippen LogP contribution in [0.4, 0.5) is 0 Å². The van der Waals surface area contributed by atoms with E-state index in [9.17, 15) is 9.59 Å². The summed E-state index contributed by atoms with van der Waals surface area (Å²) in [5.41, 5.74) is 0.766. The summed E-state index contributed by atoms with van der Waals surface area (Å²) in [6.45, 7) is 3.50. The van der Waals surface area contributed by atoms with E-state index in [-0.39, 0.29) is 17.8 Å². The highest BCUT2D eigenvalue weighted by Gasteiger charge is 2.54. The molecule has 24 heavy (non-hydrogen) atoms. The van der Waals surface area contributed by atoms with Crippen LogP contribution < -0.4 is 0 Å². The van der Waals surface area contributed by atoms with E-state index in [2.05, 4.69) is 5.16 Å². The fraction of sp³-hybridized carbons (Fsp3) is 0.737. The summed E-state index contributed by atoms with van der Waals surface area (Å²) in [7, 11) is 0. The highest BCUT2D eigenvalue weighted by atomic mass is 16.5. The third kappa shape index (κ3) is 2.49. The fourth-order valence-electron chi connectivity index (χ4n) is 5.73. The lowest BCUT2D eigenvalue weighted by Gasteiger charge is -2.55. The molecule has 4 aliphatic carbocycles. The van der Waals surface area contributed by atoms with E-state index in [1.807, 2.05) is 6.92 Å². The molecule has 0 spiro atoms. The lowest BCUT2D eigenvalue weighted by Crippen LogP contribution is -2.51. The fourth-order valence-corrected chi connectivity index (χ4v) is 5.73. The Bertz CT molecular complexity index is 640. The maximum absolute atomic E-state index is 12.9. The van der Waals surface area contributed by atoms with Gasteiger partial charge in [-0.3, -0.25) is 4.79 Å². The Morgan fingerprint density at radius 1 is 1.17 bits per heavy atom. The summed E-state index contributed by atoms with van der Waals surface area (Å²) < 4.78 is 10.5. The van der Waals surface area contributed by atoms with Crippen LogP contribution in [0, 0.1) is 30.1 Å². The predicted molar refractivity (Wildman–Crippen MR) is 86.5 cm³/mol. The van der Waals surface area contributed by atoms with Gasteiger partial charge in [-0.15, -0.1) is 0 Å². The number of ether oxygens (including phenoxy) is 1. The molecule has 5 nitrogen and oxygen atoms in total. The van der Waals surface area contributed by atoms with Crippen molar-refractivity contribution in [2.75, 3.05) is 6.61 Å². The van der Waals surface area contributed by atoms with Crippen LogP contribution >= 0.6 is 0 Å². The maximum Gasteiger partial charge on any atom is 0.344 e. The first-order valence-corrected chi connectivity index (χ1v) is 9.16. The van der Waals surface area contributed by atoms with E-state index in [1.165, 1.54) is 19.3 Å². The number of aromatic nitrogens is 1. The Kier molecular flexibility index (Phi) is 3.77. The maximum atomic E-state index is 12.9. The number of esters is 1. The van der Waals surface area contributed by atoms with Gasteiger partial charge in [0, 0.05) is 5.41 Å². The smallest absolute Gasteiger partial charge is 0.344 e. The minimum Gasteiger partial charge on any atom is -0.454 e. The van der Waals surface area contributed by atoms with Crippen LogP contribution in [0.15, 0.2) is 4.52 Å². The van der Waals surface area contributed by atoms with Gasteiger partial charge >= 0.3 is 5.97 Å². The molecule has 130 valence electrons. The first kappa shape index (κ1) is 15.9. The second-order valence-corrected chi connectivity index (χ2v) is 8.11. The lowest BCUT2D eigenvalue weighted by atomic mass is 9.48. The molecule has 4 bridgehead atoms. The van der Waals surface area contributed by atoms with Crippen molar-refractivity contribution in [2.45, 2.75) is 58.8 Å². The average Bonchev–Trinajstić information content (AvgIpc) is 2.92. The number of nitrogens with zero attached hydrogens (tertiary/aromatic N) is 1. The second kappa shape index (κ2) is 5.71. The van der Waals surface area contributed by atoms with Crippen molar-refractivity contribution in [3.8, 4) is 0 Å². The average molecular weight is 331 g/mol. The third-order valence-electron chi connectivity index (χ3n) is 6.44. The molecular weight excluding hydrogens is 306 g/mol. The van der Waals surface area contributed by atoms with Gasteiger partial charge in [-0.2, -0.15) is 0 Å². The van der Waals surface area contributed by atoms with Gasteiger partial charge in [0.15, 0.2) is 12.4 Å². The number of ketones is 1. The largest absolute Gasteiger partial charge is 0.454 e. The van der Waals surface area contributed by atoms with Crippen molar-refractivity contribution in [1.29, 1.82) is 0 Å². The molecule has 0 aliphatic heterocycles. The van der Waals surface area contributed by atoms with Crippen LogP contribution in [0.25, 0.3) is 0 Å². The molecule has 0 atom stereocenters. The monoisotopic (exact) mass is 331 g/mol. The predicted octanol–water partition coefficient (Wildman–Crippen LogP) is 3.49. The summed E-state index contributed by atoms with van der Waals surface area (Å²) in [4.78, 5) is 25.3. The minimum atomic E-state index is -0.483. The van der Waals surface area contributed by atoms with E-state index in [1.54, 1.807) is 6.92 Å². The van der Waals surface area contributed by atoms with E-state index in [0.717, 1.165) is 19.3 Å². The van der Waals surface area contributed by atoms with Gasteiger partial charge in [-0.1, -0.05) is 12.1 Å². The van der Waals surface area contributed by atoms with Gasteiger partial charge in [-0.25, -0.2) is 4.79 Å². The normalized spacial score (nSPS) is 33.7. The van der Waals surface area contributed by atoms with Crippen molar-refractivity contribution in [3.63, 3.8) is 0 Å². The van der Waals surface area contributed by atoms with Crippen LogP contribution in [0.2, 0.25) is 0 Å². The van der Waals surface area contributed by atoms with Crippen LogP contribution in [-0.4, -0.2) is 23.5 Å². The Labute approximate surface area is 142 Å². The summed E-state index contributed by atoms with van der Waals surface area (Å²) in [6, 6.07) is 0. The number of hydrogen-bond donors (Lipinski definition) is 0. The number of carbonyl (C=O) groups is 2. The van der Waals surface area contributed by atoms with Crippen molar-refractivity contribution < 1.29 is 18.8 Å². The molecule has 5 heteroatoms. The molecule has 0 unspecified atom stereocenters. The molecule has 1 aromatic heterocycles. The SMILES string of the molecule is CCc1noc(C)c1C(=O)OCC(=O)C12CC3CC(CC(C3)C1)C2. The van der Waals surface area contributed by atoms with Crippen LogP contribution in [0.3, 0.4) is 0 Å². The Morgan fingerprint density at radius 2 is 1.75 bits per heavy atom. The number of carbonyl (C=O) groups excluding carboxylic acids is 2. The van der Waals surface area contributed by atoms with Crippen LogP contribution in [0.1, 0.15) is 67.3 Å². The quantitative estimate of drug-likeness (QED) is 0.773. The second-order valence-electron chi connectivity index (χ2n) is 8.11. The third-order valence-corrected chi connectivity index (χ3v) is 6.44. The molecule has 0 radical (unpaired) electrons. The van der Waals surface area contributed by atoms with E-state index >= 15 is 0 Å². The topological polar surface area (TPSA) is 69.4 Å². The van der Waals surface area contributed by atoms with Crippen molar-refractivity contribution >= 4 is 11.8 Å². The molecule has 1 aromatic rings. The molecule has 0 aromatic carbocycles. The van der Waals surface area contributed by atoms with E-state index in [0.29, 0.717) is 41.2 Å². The van der Waals surface area contributed by atoms with Gasteiger partial charge in [0.25, 0.3) is 0 Å². The van der Waals surface area contributed by atoms with Gasteiger partial charge in [-0.05, 0) is 69.6 Å². The molecule has 4 saturated carbocycles. The molecule has 0 N–H and O–H groups in total. The number of rotatable bonds is 5. The summed E-state index contributed by atoms with van der Waals surface area (Å²) in [5, 5.41) is 3.88. The molecule has 4 fully saturated rings. The number of aryl methyl sites for hydroxylation is 2. The Balaban J connectivity index is 1.43. The molecule has 1 heterocycles. The zero-order valence-electron chi connectivity index (χ0n) is 14.5. The zero-order chi connectivity index (χ0) is 16.9. The van der Waals surface area contributed by atoms with Crippen molar-refractivity contribution in [2.24, 2.45) is 23.2 Å². The number of hydrogen-bond acceptors (Lipinski definition) is 5. The molecule has 0 amide bonds. The Hall–Kier alpha value is -1.65. The van der Waals surface area contributed by atoms with Gasteiger partial charge in [0.2, 0.25) is 0 Å². The summed E-state index contributed by atoms with van der Waals surface area (Å²) >= 11 is 0. The standard InChI is InChI=1S/C19H25NO4/c1-3-15-17(11(2)24-20-15)18(22)23-10-16(21)19-7-12-4-13(8-19)6-14(5-12)9-19/h12-14H,3-10H2,1-2H3. The van der Waals surface area contributed by atoms with E-state index < -0.39 is 5.97 Å². The molecule has 0 saturated heterocycles. The Morgan fingerprint density at radius 3 is 2.29 bits per heavy atom. The highest BCUT2D eigenvalue weighted by Crippen LogP contribution is 2.60. The van der Waals surface area contributed by atoms with E-state index in [4.69, 9.17) is 9.26 Å². The van der Waals surface area contributed by atoms with Gasteiger partial charge < -0.3 is 9.26 Å². The molecular formula is C19H25NO4. The van der Waals surface area contributed by atoms with Crippen LogP contribution in [-0.2, 0) is 16.0 Å². The lowest BCUT2D eigenvalue weighted by molar-refractivity contribution is -0.147.